The average Bonchev–Trinajstić information content (AvgIpc) is 2.01. The van der Waals surface area contributed by atoms with Gasteiger partial charge in [0.05, 0.1) is 10.8 Å². The quantitative estimate of drug-likeness (QED) is 0.442. The molecule has 0 aliphatic carbocycles. The summed E-state index contributed by atoms with van der Waals surface area (Å²) >= 11 is 0. The van der Waals surface area contributed by atoms with Gasteiger partial charge in [0, 0.05) is 0 Å². The van der Waals surface area contributed by atoms with Crippen molar-refractivity contribution in [1.29, 1.82) is 0 Å². The van der Waals surface area contributed by atoms with E-state index in [1.54, 1.807) is 0 Å². The number of carbonyl (C=O) groups excluding carboxylic acids is 2. The molecule has 0 spiro atoms. The van der Waals surface area contributed by atoms with Crippen LogP contribution in [0.4, 0.5) is 0 Å². The molecule has 0 aromatic rings. The van der Waals surface area contributed by atoms with Crippen molar-refractivity contribution in [2.75, 3.05) is 0 Å². The zero-order chi connectivity index (χ0) is 11.4. The Balaban J connectivity index is 3.31. The number of carbonyl (C=O) groups is 2. The monoisotopic (exact) mass is 198 g/mol. The zero-order valence-corrected chi connectivity index (χ0v) is 9.72. The summed E-state index contributed by atoms with van der Waals surface area (Å²) in [6, 6.07) is 0. The van der Waals surface area contributed by atoms with E-state index in [4.69, 9.17) is 4.74 Å². The van der Waals surface area contributed by atoms with Crippen LogP contribution in [0, 0.1) is 16.2 Å². The van der Waals surface area contributed by atoms with E-state index in [2.05, 4.69) is 0 Å². The number of cyclic esters (lactones) is 2. The number of rotatable bonds is 0. The molecule has 0 atom stereocenters. The minimum atomic E-state index is -0.635. The highest BCUT2D eigenvalue weighted by molar-refractivity contribution is 5.95. The summed E-state index contributed by atoms with van der Waals surface area (Å²) in [7, 11) is 0. The van der Waals surface area contributed by atoms with Crippen molar-refractivity contribution in [2.45, 2.75) is 41.5 Å². The highest BCUT2D eigenvalue weighted by atomic mass is 16.6. The lowest BCUT2D eigenvalue weighted by Gasteiger charge is -2.51. The smallest absolute Gasteiger partial charge is 0.319 e. The average molecular weight is 198 g/mol. The summed E-state index contributed by atoms with van der Waals surface area (Å²) in [4.78, 5) is 23.2. The molecular formula is C11H18O3. The fourth-order valence-electron chi connectivity index (χ4n) is 1.63. The van der Waals surface area contributed by atoms with Crippen molar-refractivity contribution in [3.63, 3.8) is 0 Å². The van der Waals surface area contributed by atoms with Gasteiger partial charge in [0.2, 0.25) is 0 Å². The molecule has 14 heavy (non-hydrogen) atoms. The third-order valence-corrected chi connectivity index (χ3v) is 4.33. The SMILES string of the molecule is CC1(C)C(=O)OC(=O)C(C)(C)C1(C)C. The van der Waals surface area contributed by atoms with Gasteiger partial charge in [-0.1, -0.05) is 13.8 Å². The largest absolute Gasteiger partial charge is 0.392 e. The van der Waals surface area contributed by atoms with Crippen molar-refractivity contribution < 1.29 is 14.3 Å². The summed E-state index contributed by atoms with van der Waals surface area (Å²) in [5, 5.41) is 0. The maximum Gasteiger partial charge on any atom is 0.319 e. The summed E-state index contributed by atoms with van der Waals surface area (Å²) in [6.07, 6.45) is 0. The minimum absolute atomic E-state index is 0.410. The summed E-state index contributed by atoms with van der Waals surface area (Å²) < 4.78 is 4.77. The highest BCUT2D eigenvalue weighted by Gasteiger charge is 2.61. The van der Waals surface area contributed by atoms with Gasteiger partial charge < -0.3 is 4.74 Å². The van der Waals surface area contributed by atoms with Crippen LogP contribution in [0.5, 0.6) is 0 Å². The second kappa shape index (κ2) is 2.59. The van der Waals surface area contributed by atoms with E-state index in [9.17, 15) is 9.59 Å². The maximum absolute atomic E-state index is 11.6. The van der Waals surface area contributed by atoms with Gasteiger partial charge in [-0.25, -0.2) is 0 Å². The molecule has 0 aromatic carbocycles. The van der Waals surface area contributed by atoms with Crippen LogP contribution >= 0.6 is 0 Å². The molecule has 1 heterocycles. The van der Waals surface area contributed by atoms with Crippen LogP contribution in [0.3, 0.4) is 0 Å². The van der Waals surface area contributed by atoms with Crippen molar-refractivity contribution in [1.82, 2.24) is 0 Å². The first kappa shape index (κ1) is 11.2. The standard InChI is InChI=1S/C11H18O3/c1-9(2)7(12)14-8(13)10(3,4)11(9,5)6/h1-6H3. The van der Waals surface area contributed by atoms with Gasteiger partial charge in [-0.05, 0) is 33.1 Å². The molecule has 1 fully saturated rings. The van der Waals surface area contributed by atoms with Crippen molar-refractivity contribution in [2.24, 2.45) is 16.2 Å². The summed E-state index contributed by atoms with van der Waals surface area (Å²) in [5.74, 6) is -0.848. The van der Waals surface area contributed by atoms with Crippen LogP contribution in [-0.4, -0.2) is 11.9 Å². The van der Waals surface area contributed by atoms with E-state index in [1.165, 1.54) is 0 Å². The van der Waals surface area contributed by atoms with Gasteiger partial charge in [-0.3, -0.25) is 9.59 Å². The lowest BCUT2D eigenvalue weighted by Crippen LogP contribution is -2.58. The van der Waals surface area contributed by atoms with E-state index < -0.39 is 28.2 Å². The second-order valence-corrected chi connectivity index (χ2v) is 5.55. The Morgan fingerprint density at radius 3 is 1.36 bits per heavy atom. The first-order valence-corrected chi connectivity index (χ1v) is 4.82. The van der Waals surface area contributed by atoms with Crippen LogP contribution in [0.25, 0.3) is 0 Å². The van der Waals surface area contributed by atoms with Crippen molar-refractivity contribution in [3.05, 3.63) is 0 Å². The topological polar surface area (TPSA) is 43.4 Å². The normalized spacial score (nSPS) is 28.4. The fraction of sp³-hybridized carbons (Fsp3) is 0.818. The molecule has 0 amide bonds. The fourth-order valence-corrected chi connectivity index (χ4v) is 1.63. The van der Waals surface area contributed by atoms with Crippen LogP contribution in [0.2, 0.25) is 0 Å². The van der Waals surface area contributed by atoms with Gasteiger partial charge in [-0.2, -0.15) is 0 Å². The van der Waals surface area contributed by atoms with Crippen LogP contribution in [0.15, 0.2) is 0 Å². The van der Waals surface area contributed by atoms with Crippen LogP contribution in [-0.2, 0) is 14.3 Å². The first-order valence-electron chi connectivity index (χ1n) is 4.82. The Labute approximate surface area is 84.8 Å². The molecule has 3 nitrogen and oxygen atoms in total. The Morgan fingerprint density at radius 1 is 0.786 bits per heavy atom. The van der Waals surface area contributed by atoms with Crippen LogP contribution < -0.4 is 0 Å². The van der Waals surface area contributed by atoms with Gasteiger partial charge in [0.1, 0.15) is 0 Å². The van der Waals surface area contributed by atoms with Crippen molar-refractivity contribution in [3.8, 4) is 0 Å². The van der Waals surface area contributed by atoms with E-state index >= 15 is 0 Å². The molecule has 0 bridgehead atoms. The molecule has 80 valence electrons. The Morgan fingerprint density at radius 2 is 1.07 bits per heavy atom. The molecule has 1 aliphatic rings. The Bertz CT molecular complexity index is 270. The van der Waals surface area contributed by atoms with Crippen molar-refractivity contribution >= 4 is 11.9 Å². The first-order chi connectivity index (χ1) is 6.05. The summed E-state index contributed by atoms with van der Waals surface area (Å²) in [5.41, 5.74) is -1.68. The summed E-state index contributed by atoms with van der Waals surface area (Å²) in [6.45, 7) is 11.2. The number of esters is 2. The molecule has 0 N–H and O–H groups in total. The molecule has 0 saturated carbocycles. The highest BCUT2D eigenvalue weighted by Crippen LogP contribution is 2.55. The molecule has 1 aliphatic heterocycles. The lowest BCUT2D eigenvalue weighted by atomic mass is 9.53. The zero-order valence-electron chi connectivity index (χ0n) is 9.72. The second-order valence-electron chi connectivity index (χ2n) is 5.55. The predicted octanol–water partition coefficient (Wildman–Crippen LogP) is 2.15. The van der Waals surface area contributed by atoms with Gasteiger partial charge in [-0.15, -0.1) is 0 Å². The van der Waals surface area contributed by atoms with E-state index in [0.717, 1.165) is 0 Å². The lowest BCUT2D eigenvalue weighted by molar-refractivity contribution is -0.201. The molecule has 1 saturated heterocycles. The molecule has 1 rings (SSSR count). The van der Waals surface area contributed by atoms with Crippen LogP contribution in [0.1, 0.15) is 41.5 Å². The third kappa shape index (κ3) is 1.04. The Hall–Kier alpha value is -0.860. The molecule has 3 heteroatoms. The third-order valence-electron chi connectivity index (χ3n) is 4.33. The number of ether oxygens (including phenoxy) is 1. The number of hydrogen-bond acceptors (Lipinski definition) is 3. The van der Waals surface area contributed by atoms with E-state index in [-0.39, 0.29) is 0 Å². The predicted molar refractivity (Wildman–Crippen MR) is 52.4 cm³/mol. The van der Waals surface area contributed by atoms with E-state index in [0.29, 0.717) is 0 Å². The minimum Gasteiger partial charge on any atom is -0.392 e. The van der Waals surface area contributed by atoms with Gasteiger partial charge in [0.15, 0.2) is 0 Å². The number of hydrogen-bond donors (Lipinski definition) is 0. The molecule has 0 unspecified atom stereocenters. The molecule has 0 radical (unpaired) electrons. The maximum atomic E-state index is 11.6. The van der Waals surface area contributed by atoms with E-state index in [1.807, 2.05) is 41.5 Å². The van der Waals surface area contributed by atoms with Gasteiger partial charge >= 0.3 is 11.9 Å². The molecule has 0 aromatic heterocycles. The van der Waals surface area contributed by atoms with Gasteiger partial charge in [0.25, 0.3) is 0 Å². The molecular weight excluding hydrogens is 180 g/mol. The Kier molecular flexibility index (Phi) is 2.07.